The molecule has 0 aromatic heterocycles. The number of alkyl halides is 3. The van der Waals surface area contributed by atoms with Crippen LogP contribution < -0.4 is 15.2 Å². The first kappa shape index (κ1) is 15.5. The highest BCUT2D eigenvalue weighted by Gasteiger charge is 2.30. The van der Waals surface area contributed by atoms with E-state index in [1.807, 2.05) is 0 Å². The Balaban J connectivity index is 3.09. The summed E-state index contributed by atoms with van der Waals surface area (Å²) in [5, 5.41) is 0. The van der Waals surface area contributed by atoms with Gasteiger partial charge in [-0.15, -0.1) is 0 Å². The smallest absolute Gasteiger partial charge is 0.402 e. The highest BCUT2D eigenvalue weighted by Crippen LogP contribution is 2.28. The molecule has 0 heterocycles. The van der Waals surface area contributed by atoms with Crippen LogP contribution in [0.25, 0.3) is 0 Å². The molecule has 5 nitrogen and oxygen atoms in total. The lowest BCUT2D eigenvalue weighted by Gasteiger charge is -2.11. The first-order valence-electron chi connectivity index (χ1n) is 4.76. The van der Waals surface area contributed by atoms with Crippen LogP contribution in [0.2, 0.25) is 0 Å². The van der Waals surface area contributed by atoms with Gasteiger partial charge < -0.3 is 10.5 Å². The van der Waals surface area contributed by atoms with Gasteiger partial charge in [-0.05, 0) is 12.1 Å². The van der Waals surface area contributed by atoms with Gasteiger partial charge in [0.05, 0.1) is 17.7 Å². The maximum atomic E-state index is 13.4. The maximum absolute atomic E-state index is 13.4. The Hall–Kier alpha value is -1.55. The van der Waals surface area contributed by atoms with Crippen LogP contribution in [0.4, 0.5) is 23.2 Å². The lowest BCUT2D eigenvalue weighted by atomic mass is 10.3. The number of anilines is 1. The monoisotopic (exact) mass is 302 g/mol. The molecule has 0 aliphatic carbocycles. The van der Waals surface area contributed by atoms with Crippen molar-refractivity contribution in [1.82, 2.24) is 4.72 Å². The van der Waals surface area contributed by atoms with Crippen molar-refractivity contribution in [2.75, 3.05) is 19.4 Å². The second-order valence-corrected chi connectivity index (χ2v) is 5.23. The Labute approximate surface area is 106 Å². The van der Waals surface area contributed by atoms with Crippen molar-refractivity contribution in [3.8, 4) is 5.75 Å². The molecular weight excluding hydrogens is 292 g/mol. The second kappa shape index (κ2) is 5.21. The summed E-state index contributed by atoms with van der Waals surface area (Å²) in [6, 6.07) is 1.33. The number of methoxy groups -OCH3 is 1. The Morgan fingerprint density at radius 1 is 1.37 bits per heavy atom. The lowest BCUT2D eigenvalue weighted by molar-refractivity contribution is -0.121. The first-order chi connectivity index (χ1) is 8.57. The first-order valence-corrected chi connectivity index (χ1v) is 6.24. The summed E-state index contributed by atoms with van der Waals surface area (Å²) in [6.07, 6.45) is -4.72. The van der Waals surface area contributed by atoms with E-state index in [9.17, 15) is 26.0 Å². The molecule has 0 bridgehead atoms. The van der Waals surface area contributed by atoms with Crippen LogP contribution in [0.1, 0.15) is 0 Å². The number of hydrogen-bond acceptors (Lipinski definition) is 4. The van der Waals surface area contributed by atoms with Crippen molar-refractivity contribution in [3.05, 3.63) is 17.9 Å². The van der Waals surface area contributed by atoms with E-state index in [4.69, 9.17) is 5.73 Å². The average molecular weight is 302 g/mol. The fraction of sp³-hybridized carbons (Fsp3) is 0.333. The third-order valence-electron chi connectivity index (χ3n) is 2.02. The number of nitrogens with one attached hydrogen (secondary N) is 1. The third kappa shape index (κ3) is 3.96. The summed E-state index contributed by atoms with van der Waals surface area (Å²) >= 11 is 0. The average Bonchev–Trinajstić information content (AvgIpc) is 2.25. The lowest BCUT2D eigenvalue weighted by Crippen LogP contribution is -2.33. The summed E-state index contributed by atoms with van der Waals surface area (Å²) in [7, 11) is -3.39. The van der Waals surface area contributed by atoms with Crippen LogP contribution in [-0.2, 0) is 10.0 Å². The van der Waals surface area contributed by atoms with Crippen LogP contribution in [0.15, 0.2) is 17.0 Å². The van der Waals surface area contributed by atoms with Gasteiger partial charge in [0, 0.05) is 0 Å². The van der Waals surface area contributed by atoms with E-state index in [1.54, 1.807) is 0 Å². The standard InChI is InChI=1S/C9H10F4N2O3S/c1-18-8-6(10)2-5(3-7(8)14)19(16,17)15-4-9(11,12)13/h2-3,15H,4,14H2,1H3. The SMILES string of the molecule is COc1c(N)cc(S(=O)(=O)NCC(F)(F)F)cc1F. The van der Waals surface area contributed by atoms with E-state index < -0.39 is 33.5 Å². The summed E-state index contributed by atoms with van der Waals surface area (Å²) in [4.78, 5) is -0.715. The maximum Gasteiger partial charge on any atom is 0.402 e. The van der Waals surface area contributed by atoms with Crippen LogP contribution in [0.5, 0.6) is 5.75 Å². The van der Waals surface area contributed by atoms with Crippen molar-refractivity contribution in [2.45, 2.75) is 11.1 Å². The number of hydrogen-bond donors (Lipinski definition) is 2. The molecule has 0 unspecified atom stereocenters. The molecule has 19 heavy (non-hydrogen) atoms. The molecule has 0 radical (unpaired) electrons. The third-order valence-corrected chi connectivity index (χ3v) is 3.40. The minimum Gasteiger partial charge on any atom is -0.492 e. The second-order valence-electron chi connectivity index (χ2n) is 3.47. The fourth-order valence-electron chi connectivity index (χ4n) is 1.22. The molecule has 108 valence electrons. The van der Waals surface area contributed by atoms with E-state index in [-0.39, 0.29) is 11.4 Å². The van der Waals surface area contributed by atoms with Gasteiger partial charge >= 0.3 is 6.18 Å². The zero-order valence-electron chi connectivity index (χ0n) is 9.58. The van der Waals surface area contributed by atoms with Crippen LogP contribution in [0, 0.1) is 5.82 Å². The molecule has 0 spiro atoms. The molecule has 1 aromatic rings. The normalized spacial score (nSPS) is 12.5. The van der Waals surface area contributed by atoms with Gasteiger partial charge in [0.15, 0.2) is 11.6 Å². The molecule has 3 N–H and O–H groups in total. The zero-order chi connectivity index (χ0) is 14.8. The van der Waals surface area contributed by atoms with Gasteiger partial charge in [-0.2, -0.15) is 13.2 Å². The molecular formula is C9H10F4N2O3S. The zero-order valence-corrected chi connectivity index (χ0v) is 10.4. The number of sulfonamides is 1. The molecule has 0 amide bonds. The van der Waals surface area contributed by atoms with Gasteiger partial charge in [0.1, 0.15) is 6.54 Å². The quantitative estimate of drug-likeness (QED) is 0.648. The molecule has 0 saturated heterocycles. The molecule has 10 heteroatoms. The molecule has 0 saturated carbocycles. The van der Waals surface area contributed by atoms with Gasteiger partial charge in [-0.25, -0.2) is 17.5 Å². The number of halogens is 4. The van der Waals surface area contributed by atoms with E-state index in [0.29, 0.717) is 6.07 Å². The van der Waals surface area contributed by atoms with E-state index in [1.165, 1.54) is 4.72 Å². The Kier molecular flexibility index (Phi) is 4.25. The predicted octanol–water partition coefficient (Wildman–Crippen LogP) is 1.26. The van der Waals surface area contributed by atoms with E-state index in [2.05, 4.69) is 4.74 Å². The van der Waals surface area contributed by atoms with Crippen molar-refractivity contribution >= 4 is 15.7 Å². The summed E-state index contributed by atoms with van der Waals surface area (Å²) in [5.74, 6) is -1.47. The van der Waals surface area contributed by atoms with Gasteiger partial charge in [-0.1, -0.05) is 0 Å². The molecule has 1 rings (SSSR count). The van der Waals surface area contributed by atoms with Gasteiger partial charge in [-0.3, -0.25) is 0 Å². The summed E-state index contributed by atoms with van der Waals surface area (Å²) < 4.78 is 78.1. The topological polar surface area (TPSA) is 81.4 Å². The number of nitrogen functional groups attached to an aromatic ring is 1. The number of nitrogens with two attached hydrogens (primary N) is 1. The fourth-order valence-corrected chi connectivity index (χ4v) is 2.28. The Morgan fingerprint density at radius 3 is 2.37 bits per heavy atom. The molecule has 0 fully saturated rings. The predicted molar refractivity (Wildman–Crippen MR) is 58.6 cm³/mol. The van der Waals surface area contributed by atoms with E-state index in [0.717, 1.165) is 13.2 Å². The highest BCUT2D eigenvalue weighted by atomic mass is 32.2. The van der Waals surface area contributed by atoms with Crippen molar-refractivity contribution < 1.29 is 30.7 Å². The van der Waals surface area contributed by atoms with Crippen LogP contribution in [-0.4, -0.2) is 28.2 Å². The summed E-state index contributed by atoms with van der Waals surface area (Å²) in [6.45, 7) is -1.76. The number of ether oxygens (including phenoxy) is 1. The Bertz CT molecular complexity index is 548. The summed E-state index contributed by atoms with van der Waals surface area (Å²) in [5.41, 5.74) is 4.99. The molecule has 1 aromatic carbocycles. The highest BCUT2D eigenvalue weighted by molar-refractivity contribution is 7.89. The number of rotatable bonds is 4. The van der Waals surface area contributed by atoms with Gasteiger partial charge in [0.2, 0.25) is 10.0 Å². The van der Waals surface area contributed by atoms with Crippen LogP contribution >= 0.6 is 0 Å². The molecule has 0 aliphatic heterocycles. The van der Waals surface area contributed by atoms with Crippen LogP contribution in [0.3, 0.4) is 0 Å². The van der Waals surface area contributed by atoms with Crippen molar-refractivity contribution in [2.24, 2.45) is 0 Å². The molecule has 0 aliphatic rings. The van der Waals surface area contributed by atoms with Crippen molar-refractivity contribution in [1.29, 1.82) is 0 Å². The van der Waals surface area contributed by atoms with E-state index >= 15 is 0 Å². The van der Waals surface area contributed by atoms with Crippen molar-refractivity contribution in [3.63, 3.8) is 0 Å². The van der Waals surface area contributed by atoms with Gasteiger partial charge in [0.25, 0.3) is 0 Å². The minimum absolute atomic E-state index is 0.338. The Morgan fingerprint density at radius 2 is 1.95 bits per heavy atom. The minimum atomic E-state index is -4.72. The largest absolute Gasteiger partial charge is 0.492 e. The molecule has 0 atom stereocenters. The number of benzene rings is 1.